The third kappa shape index (κ3) is 6.46. The second kappa shape index (κ2) is 8.87. The van der Waals surface area contributed by atoms with Gasteiger partial charge in [0.05, 0.1) is 12.7 Å². The molecule has 0 heterocycles. The van der Waals surface area contributed by atoms with Gasteiger partial charge in [-0.3, -0.25) is 4.79 Å². The molecule has 0 unspecified atom stereocenters. The van der Waals surface area contributed by atoms with Crippen LogP contribution < -0.4 is 9.47 Å². The highest BCUT2D eigenvalue weighted by Gasteiger charge is 2.17. The summed E-state index contributed by atoms with van der Waals surface area (Å²) in [6.07, 6.45) is -0.177. The van der Waals surface area contributed by atoms with E-state index >= 15 is 0 Å². The Balaban J connectivity index is 3.06. The van der Waals surface area contributed by atoms with E-state index in [0.29, 0.717) is 5.56 Å². The van der Waals surface area contributed by atoms with Gasteiger partial charge in [-0.2, -0.15) is 0 Å². The second-order valence-corrected chi connectivity index (χ2v) is 4.97. The van der Waals surface area contributed by atoms with E-state index in [2.05, 4.69) is 0 Å². The first-order chi connectivity index (χ1) is 10.8. The summed E-state index contributed by atoms with van der Waals surface area (Å²) in [5.74, 6) is -0.589. The summed E-state index contributed by atoms with van der Waals surface area (Å²) < 4.78 is 20.8. The molecule has 0 saturated carbocycles. The molecule has 1 aromatic rings. The van der Waals surface area contributed by atoms with Gasteiger partial charge in [-0.25, -0.2) is 4.79 Å². The summed E-state index contributed by atoms with van der Waals surface area (Å²) in [5.41, 5.74) is 0.389. The number of hydrogen-bond donors (Lipinski definition) is 1. The molecule has 0 saturated heterocycles. The second-order valence-electron chi connectivity index (χ2n) is 4.97. The number of carbonyl (C=O) groups excluding carboxylic acids is 2. The molecular weight excluding hydrogens is 304 g/mol. The number of phenolic OH excluding ortho intramolecular Hbond substituents is 1. The minimum atomic E-state index is -0.533. The zero-order valence-electron chi connectivity index (χ0n) is 13.8. The summed E-state index contributed by atoms with van der Waals surface area (Å²) in [7, 11) is 0. The molecule has 0 spiro atoms. The molecule has 128 valence electrons. The highest BCUT2D eigenvalue weighted by atomic mass is 16.6. The number of benzene rings is 1. The van der Waals surface area contributed by atoms with Gasteiger partial charge < -0.3 is 24.1 Å². The standard InChI is InChI=1S/C16H22O7/c1-5-20-15(19)9-22-16-12(8-21-11(4)17)6-13(18)7-14(16)23-10(2)3/h6-7,10,18H,5,8-9H2,1-4H3. The Hall–Kier alpha value is -2.44. The van der Waals surface area contributed by atoms with Gasteiger partial charge in [0, 0.05) is 18.6 Å². The molecule has 23 heavy (non-hydrogen) atoms. The molecule has 0 fully saturated rings. The van der Waals surface area contributed by atoms with Crippen molar-refractivity contribution in [1.82, 2.24) is 0 Å². The van der Waals surface area contributed by atoms with Crippen molar-refractivity contribution in [3.05, 3.63) is 17.7 Å². The molecule has 0 aromatic heterocycles. The fraction of sp³-hybridized carbons (Fsp3) is 0.500. The zero-order valence-corrected chi connectivity index (χ0v) is 13.8. The van der Waals surface area contributed by atoms with Gasteiger partial charge in [-0.15, -0.1) is 0 Å². The summed E-state index contributed by atoms with van der Waals surface area (Å²) in [6, 6.07) is 2.76. The number of rotatable bonds is 8. The molecule has 0 atom stereocenters. The molecule has 1 aromatic carbocycles. The zero-order chi connectivity index (χ0) is 17.4. The number of carbonyl (C=O) groups is 2. The smallest absolute Gasteiger partial charge is 0.344 e. The summed E-state index contributed by atoms with van der Waals surface area (Å²) in [6.45, 7) is 6.39. The minimum absolute atomic E-state index is 0.0636. The molecule has 1 N–H and O–H groups in total. The van der Waals surface area contributed by atoms with Crippen molar-refractivity contribution in [3.8, 4) is 17.2 Å². The maximum absolute atomic E-state index is 11.5. The lowest BCUT2D eigenvalue weighted by Gasteiger charge is -2.18. The normalized spacial score (nSPS) is 10.3. The molecule has 7 heteroatoms. The van der Waals surface area contributed by atoms with E-state index in [1.54, 1.807) is 6.92 Å². The van der Waals surface area contributed by atoms with Gasteiger partial charge in [0.25, 0.3) is 0 Å². The third-order valence-corrected chi connectivity index (χ3v) is 2.55. The van der Waals surface area contributed by atoms with Crippen LogP contribution in [0.3, 0.4) is 0 Å². The van der Waals surface area contributed by atoms with E-state index < -0.39 is 11.9 Å². The van der Waals surface area contributed by atoms with Crippen LogP contribution in [0, 0.1) is 0 Å². The Bertz CT molecular complexity index is 552. The van der Waals surface area contributed by atoms with E-state index in [0.717, 1.165) is 0 Å². The van der Waals surface area contributed by atoms with E-state index in [-0.39, 0.29) is 43.2 Å². The van der Waals surface area contributed by atoms with E-state index in [1.807, 2.05) is 13.8 Å². The van der Waals surface area contributed by atoms with Crippen molar-refractivity contribution in [2.45, 2.75) is 40.4 Å². The van der Waals surface area contributed by atoms with Gasteiger partial charge in [-0.05, 0) is 26.8 Å². The quantitative estimate of drug-likeness (QED) is 0.732. The van der Waals surface area contributed by atoms with Crippen molar-refractivity contribution in [2.75, 3.05) is 13.2 Å². The number of aromatic hydroxyl groups is 1. The summed E-state index contributed by atoms with van der Waals surface area (Å²) >= 11 is 0. The highest BCUT2D eigenvalue weighted by Crippen LogP contribution is 2.36. The number of esters is 2. The molecular formula is C16H22O7. The lowest BCUT2D eigenvalue weighted by atomic mass is 10.1. The number of ether oxygens (including phenoxy) is 4. The van der Waals surface area contributed by atoms with Crippen LogP contribution in [-0.2, 0) is 25.7 Å². The SMILES string of the molecule is CCOC(=O)COc1c(COC(C)=O)cc(O)cc1OC(C)C. The van der Waals surface area contributed by atoms with Crippen molar-refractivity contribution in [3.63, 3.8) is 0 Å². The minimum Gasteiger partial charge on any atom is -0.508 e. The lowest BCUT2D eigenvalue weighted by molar-refractivity contribution is -0.146. The van der Waals surface area contributed by atoms with Gasteiger partial charge in [0.2, 0.25) is 0 Å². The number of phenols is 1. The first-order valence-electron chi connectivity index (χ1n) is 7.27. The maximum atomic E-state index is 11.5. The van der Waals surface area contributed by atoms with Gasteiger partial charge in [-0.1, -0.05) is 0 Å². The summed E-state index contributed by atoms with van der Waals surface area (Å²) in [4.78, 5) is 22.5. The van der Waals surface area contributed by atoms with E-state index in [1.165, 1.54) is 19.1 Å². The average Bonchev–Trinajstić information content (AvgIpc) is 2.43. The Labute approximate surface area is 135 Å². The van der Waals surface area contributed by atoms with Crippen molar-refractivity contribution >= 4 is 11.9 Å². The molecule has 0 aliphatic carbocycles. The van der Waals surface area contributed by atoms with Gasteiger partial charge >= 0.3 is 11.9 Å². The van der Waals surface area contributed by atoms with E-state index in [4.69, 9.17) is 18.9 Å². The fourth-order valence-electron chi connectivity index (χ4n) is 1.77. The lowest BCUT2D eigenvalue weighted by Crippen LogP contribution is -2.17. The van der Waals surface area contributed by atoms with Crippen LogP contribution in [0.5, 0.6) is 17.2 Å². The average molecular weight is 326 g/mol. The van der Waals surface area contributed by atoms with Gasteiger partial charge in [0.1, 0.15) is 12.4 Å². The predicted octanol–water partition coefficient (Wildman–Crippen LogP) is 2.18. The number of hydrogen-bond acceptors (Lipinski definition) is 7. The largest absolute Gasteiger partial charge is 0.508 e. The van der Waals surface area contributed by atoms with Crippen molar-refractivity contribution in [2.24, 2.45) is 0 Å². The first-order valence-corrected chi connectivity index (χ1v) is 7.27. The van der Waals surface area contributed by atoms with E-state index in [9.17, 15) is 14.7 Å². The molecule has 1 rings (SSSR count). The van der Waals surface area contributed by atoms with Crippen LogP contribution in [0.2, 0.25) is 0 Å². The molecule has 0 aliphatic rings. The monoisotopic (exact) mass is 326 g/mol. The van der Waals surface area contributed by atoms with Crippen molar-refractivity contribution < 1.29 is 33.6 Å². The Morgan fingerprint density at radius 2 is 1.91 bits per heavy atom. The van der Waals surface area contributed by atoms with Crippen LogP contribution in [0.15, 0.2) is 12.1 Å². The maximum Gasteiger partial charge on any atom is 0.344 e. The predicted molar refractivity (Wildman–Crippen MR) is 81.5 cm³/mol. The van der Waals surface area contributed by atoms with Crippen LogP contribution in [0.4, 0.5) is 0 Å². The Morgan fingerprint density at radius 3 is 2.48 bits per heavy atom. The van der Waals surface area contributed by atoms with Crippen LogP contribution in [0.1, 0.15) is 33.3 Å². The molecule has 0 bridgehead atoms. The first kappa shape index (κ1) is 18.6. The van der Waals surface area contributed by atoms with Crippen LogP contribution in [-0.4, -0.2) is 36.4 Å². The van der Waals surface area contributed by atoms with Crippen molar-refractivity contribution in [1.29, 1.82) is 0 Å². The topological polar surface area (TPSA) is 91.3 Å². The fourth-order valence-corrected chi connectivity index (χ4v) is 1.77. The Morgan fingerprint density at radius 1 is 1.22 bits per heavy atom. The van der Waals surface area contributed by atoms with Crippen LogP contribution in [0.25, 0.3) is 0 Å². The van der Waals surface area contributed by atoms with Gasteiger partial charge in [0.15, 0.2) is 18.1 Å². The highest BCUT2D eigenvalue weighted by molar-refractivity contribution is 5.71. The molecule has 0 aliphatic heterocycles. The molecule has 0 radical (unpaired) electrons. The Kier molecular flexibility index (Phi) is 7.18. The third-order valence-electron chi connectivity index (χ3n) is 2.55. The molecule has 7 nitrogen and oxygen atoms in total. The summed E-state index contributed by atoms with van der Waals surface area (Å²) in [5, 5.41) is 9.79. The molecule has 0 amide bonds. The van der Waals surface area contributed by atoms with Crippen LogP contribution >= 0.6 is 0 Å².